The van der Waals surface area contributed by atoms with Crippen molar-refractivity contribution in [2.75, 3.05) is 17.7 Å². The van der Waals surface area contributed by atoms with Crippen LogP contribution < -0.4 is 15.8 Å². The summed E-state index contributed by atoms with van der Waals surface area (Å²) in [6.45, 7) is 16.0. The molecule has 11 heteroatoms. The van der Waals surface area contributed by atoms with Gasteiger partial charge in [-0.05, 0) is 73.1 Å². The van der Waals surface area contributed by atoms with Crippen molar-refractivity contribution in [1.82, 2.24) is 19.9 Å². The average Bonchev–Trinajstić information content (AvgIpc) is 3.36. The molecule has 2 fully saturated rings. The number of nitrogens with one attached hydrogen (secondary N) is 1. The molecule has 2 aromatic heterocycles. The summed E-state index contributed by atoms with van der Waals surface area (Å²) in [4.78, 5) is 18.0. The monoisotopic (exact) mass is 552 g/mol. The predicted octanol–water partition coefficient (Wildman–Crippen LogP) is 4.48. The lowest BCUT2D eigenvalue weighted by atomic mass is 10.0. The lowest BCUT2D eigenvalue weighted by Gasteiger charge is -2.24. The fourth-order valence-corrected chi connectivity index (χ4v) is 5.25. The van der Waals surface area contributed by atoms with Crippen LogP contribution in [0.5, 0.6) is 5.88 Å². The van der Waals surface area contributed by atoms with Gasteiger partial charge in [0.1, 0.15) is 12.2 Å². The number of hydrogen-bond donors (Lipinski definition) is 2. The van der Waals surface area contributed by atoms with E-state index in [2.05, 4.69) is 44.5 Å². The molecule has 1 aromatic carbocycles. The summed E-state index contributed by atoms with van der Waals surface area (Å²) >= 11 is 0. The van der Waals surface area contributed by atoms with Crippen LogP contribution in [0.25, 0.3) is 11.2 Å². The van der Waals surface area contributed by atoms with Crippen molar-refractivity contribution in [1.29, 1.82) is 0 Å². The molecular formula is C29H40N6O5. The van der Waals surface area contributed by atoms with Crippen molar-refractivity contribution in [3.05, 3.63) is 41.2 Å². The lowest BCUT2D eigenvalue weighted by Crippen LogP contribution is -2.39. The summed E-state index contributed by atoms with van der Waals surface area (Å²) in [5.41, 5.74) is 10.4. The Morgan fingerprint density at radius 3 is 2.35 bits per heavy atom. The van der Waals surface area contributed by atoms with Gasteiger partial charge in [0, 0.05) is 12.1 Å². The highest BCUT2D eigenvalue weighted by Crippen LogP contribution is 2.37. The standard InChI is InChI=1S/C29H40N6O5/c1-15(2)37-26-23-25(34-27(30)35-26)32-17(4)22(33-23)16(3)31-19-11-9-18(10-12-19)13-20-24(40-29(7,8)38-20)21-14-36-28(5,6)39-21/h9-12,15-16,20-21,24,31H,13-14H2,1-8H3,(H2,30,32,34,35)/t16?,20-,21+,24-/m0/s1. The van der Waals surface area contributed by atoms with Crippen LogP contribution in [0.2, 0.25) is 0 Å². The van der Waals surface area contributed by atoms with Gasteiger partial charge in [0.2, 0.25) is 11.8 Å². The number of ether oxygens (including phenoxy) is 5. The van der Waals surface area contributed by atoms with Gasteiger partial charge in [0.15, 0.2) is 22.7 Å². The molecule has 0 aliphatic carbocycles. The van der Waals surface area contributed by atoms with Gasteiger partial charge in [0.25, 0.3) is 0 Å². The first-order valence-corrected chi connectivity index (χ1v) is 13.8. The molecule has 0 spiro atoms. The second kappa shape index (κ2) is 10.7. The van der Waals surface area contributed by atoms with E-state index < -0.39 is 11.6 Å². The van der Waals surface area contributed by atoms with E-state index >= 15 is 0 Å². The first-order chi connectivity index (χ1) is 18.8. The SMILES string of the molecule is Cc1nc2nc(N)nc(OC(C)C)c2nc1C(C)Nc1ccc(C[C@@H]2OC(C)(C)O[C@@H]2[C@H]2COC(C)(C)O2)cc1. The normalized spacial score (nSPS) is 24.5. The average molecular weight is 553 g/mol. The molecule has 216 valence electrons. The number of nitrogens with zero attached hydrogens (tertiary/aromatic N) is 4. The topological polar surface area (TPSA) is 136 Å². The minimum atomic E-state index is -0.683. The minimum Gasteiger partial charge on any atom is -0.473 e. The number of nitrogen functional groups attached to an aromatic ring is 1. The van der Waals surface area contributed by atoms with Crippen LogP contribution in [0.4, 0.5) is 11.6 Å². The van der Waals surface area contributed by atoms with E-state index in [-0.39, 0.29) is 36.4 Å². The highest BCUT2D eigenvalue weighted by Gasteiger charge is 2.49. The Kier molecular flexibility index (Phi) is 7.60. The number of aromatic nitrogens is 4. The minimum absolute atomic E-state index is 0.0912. The first-order valence-electron chi connectivity index (χ1n) is 13.8. The van der Waals surface area contributed by atoms with Gasteiger partial charge in [0.05, 0.1) is 36.2 Å². The Morgan fingerprint density at radius 1 is 0.975 bits per heavy atom. The maximum absolute atomic E-state index is 6.27. The van der Waals surface area contributed by atoms with E-state index in [1.54, 1.807) is 0 Å². The van der Waals surface area contributed by atoms with Crippen molar-refractivity contribution in [2.45, 2.75) is 104 Å². The zero-order valence-corrected chi connectivity index (χ0v) is 24.5. The highest BCUT2D eigenvalue weighted by molar-refractivity contribution is 5.77. The molecule has 2 saturated heterocycles. The zero-order valence-electron chi connectivity index (χ0n) is 24.5. The quantitative estimate of drug-likeness (QED) is 0.409. The molecule has 0 bridgehead atoms. The summed E-state index contributed by atoms with van der Waals surface area (Å²) in [5, 5.41) is 3.53. The Morgan fingerprint density at radius 2 is 1.70 bits per heavy atom. The van der Waals surface area contributed by atoms with Gasteiger partial charge in [-0.15, -0.1) is 0 Å². The molecule has 0 radical (unpaired) electrons. The van der Waals surface area contributed by atoms with E-state index in [1.807, 2.05) is 55.4 Å². The number of hydrogen-bond acceptors (Lipinski definition) is 11. The first kappa shape index (κ1) is 28.4. The van der Waals surface area contributed by atoms with Crippen molar-refractivity contribution >= 4 is 22.8 Å². The second-order valence-corrected chi connectivity index (χ2v) is 11.7. The number of aryl methyl sites for hydroxylation is 1. The van der Waals surface area contributed by atoms with Gasteiger partial charge in [-0.3, -0.25) is 0 Å². The van der Waals surface area contributed by atoms with E-state index in [0.717, 1.165) is 22.6 Å². The van der Waals surface area contributed by atoms with Crippen LogP contribution in [-0.2, 0) is 25.4 Å². The van der Waals surface area contributed by atoms with E-state index in [9.17, 15) is 0 Å². The molecule has 11 nitrogen and oxygen atoms in total. The Labute approximate surface area is 235 Å². The molecule has 3 N–H and O–H groups in total. The molecule has 3 aromatic rings. The van der Waals surface area contributed by atoms with Crippen molar-refractivity contribution in [3.63, 3.8) is 0 Å². The van der Waals surface area contributed by atoms with Gasteiger partial charge < -0.3 is 34.7 Å². The van der Waals surface area contributed by atoms with E-state index in [4.69, 9.17) is 34.4 Å². The second-order valence-electron chi connectivity index (χ2n) is 11.7. The van der Waals surface area contributed by atoms with Crippen molar-refractivity contribution < 1.29 is 23.7 Å². The summed E-state index contributed by atoms with van der Waals surface area (Å²) in [5.74, 6) is -0.862. The molecular weight excluding hydrogens is 512 g/mol. The van der Waals surface area contributed by atoms with Crippen LogP contribution >= 0.6 is 0 Å². The molecule has 0 saturated carbocycles. The van der Waals surface area contributed by atoms with Crippen LogP contribution in [0.1, 0.15) is 71.5 Å². The third-order valence-electron chi connectivity index (χ3n) is 6.88. The Hall–Kier alpha value is -3.12. The van der Waals surface area contributed by atoms with Gasteiger partial charge in [-0.1, -0.05) is 12.1 Å². The van der Waals surface area contributed by atoms with E-state index in [0.29, 0.717) is 30.1 Å². The van der Waals surface area contributed by atoms with Crippen LogP contribution in [0, 0.1) is 6.92 Å². The number of fused-ring (bicyclic) bond motifs is 1. The molecule has 4 atom stereocenters. The molecule has 5 rings (SSSR count). The number of benzene rings is 1. The summed E-state index contributed by atoms with van der Waals surface area (Å²) < 4.78 is 30.2. The summed E-state index contributed by atoms with van der Waals surface area (Å²) in [7, 11) is 0. The Balaban J connectivity index is 1.29. The molecule has 2 aliphatic rings. The zero-order chi connectivity index (χ0) is 28.8. The maximum Gasteiger partial charge on any atom is 0.247 e. The molecule has 40 heavy (non-hydrogen) atoms. The lowest BCUT2D eigenvalue weighted by molar-refractivity contribution is -0.174. The summed E-state index contributed by atoms with van der Waals surface area (Å²) in [6, 6.07) is 8.18. The smallest absolute Gasteiger partial charge is 0.247 e. The van der Waals surface area contributed by atoms with E-state index in [1.165, 1.54) is 0 Å². The number of rotatable bonds is 8. The fraction of sp³-hybridized carbons (Fsp3) is 0.586. The Bertz CT molecular complexity index is 1360. The maximum atomic E-state index is 6.27. The van der Waals surface area contributed by atoms with Crippen LogP contribution in [0.3, 0.4) is 0 Å². The third kappa shape index (κ3) is 6.27. The van der Waals surface area contributed by atoms with Gasteiger partial charge in [-0.2, -0.15) is 9.97 Å². The molecule has 0 amide bonds. The fourth-order valence-electron chi connectivity index (χ4n) is 5.25. The van der Waals surface area contributed by atoms with Crippen LogP contribution in [-0.4, -0.2) is 62.5 Å². The largest absolute Gasteiger partial charge is 0.473 e. The highest BCUT2D eigenvalue weighted by atomic mass is 16.8. The third-order valence-corrected chi connectivity index (χ3v) is 6.88. The van der Waals surface area contributed by atoms with Crippen LogP contribution in [0.15, 0.2) is 24.3 Å². The van der Waals surface area contributed by atoms with Crippen molar-refractivity contribution in [3.8, 4) is 5.88 Å². The van der Waals surface area contributed by atoms with Gasteiger partial charge >= 0.3 is 0 Å². The number of anilines is 2. The summed E-state index contributed by atoms with van der Waals surface area (Å²) in [6.07, 6.45) is 0.0632. The number of nitrogens with two attached hydrogens (primary N) is 1. The van der Waals surface area contributed by atoms with Gasteiger partial charge in [-0.25, -0.2) is 9.97 Å². The molecule has 2 aliphatic heterocycles. The molecule has 4 heterocycles. The predicted molar refractivity (Wildman–Crippen MR) is 151 cm³/mol. The van der Waals surface area contributed by atoms with Crippen molar-refractivity contribution in [2.24, 2.45) is 0 Å². The molecule has 1 unspecified atom stereocenters.